The highest BCUT2D eigenvalue weighted by atomic mass is 14.9. The zero-order chi connectivity index (χ0) is 13.8. The lowest BCUT2D eigenvalue weighted by Crippen LogP contribution is -2.12. The maximum Gasteiger partial charge on any atom is 0.111 e. The molecule has 1 heterocycles. The molecule has 2 rings (SSSR count). The van der Waals surface area contributed by atoms with E-state index in [9.17, 15) is 0 Å². The van der Waals surface area contributed by atoms with Crippen LogP contribution in [0.15, 0.2) is 24.3 Å². The third-order valence-electron chi connectivity index (χ3n) is 3.70. The summed E-state index contributed by atoms with van der Waals surface area (Å²) in [6, 6.07) is 8.64. The zero-order valence-electron chi connectivity index (χ0n) is 12.0. The smallest absolute Gasteiger partial charge is 0.111 e. The molecule has 3 nitrogen and oxygen atoms in total. The Labute approximate surface area is 115 Å². The van der Waals surface area contributed by atoms with Crippen LogP contribution in [-0.2, 0) is 6.42 Å². The van der Waals surface area contributed by atoms with Gasteiger partial charge in [0.25, 0.3) is 0 Å². The molecular formula is C16H23N3. The summed E-state index contributed by atoms with van der Waals surface area (Å²) in [5.41, 5.74) is 10.5. The Morgan fingerprint density at radius 1 is 1.21 bits per heavy atom. The van der Waals surface area contributed by atoms with Gasteiger partial charge in [-0.1, -0.05) is 38.1 Å². The van der Waals surface area contributed by atoms with Crippen LogP contribution < -0.4 is 5.73 Å². The molecule has 0 spiro atoms. The summed E-state index contributed by atoms with van der Waals surface area (Å²) in [7, 11) is 0. The van der Waals surface area contributed by atoms with Crippen molar-refractivity contribution in [3.05, 3.63) is 41.3 Å². The Kier molecular flexibility index (Phi) is 4.38. The number of nitrogens with zero attached hydrogens (tertiary/aromatic N) is 1. The third-order valence-corrected chi connectivity index (χ3v) is 3.70. The molecular weight excluding hydrogens is 234 g/mol. The van der Waals surface area contributed by atoms with Crippen LogP contribution in [0.2, 0.25) is 0 Å². The standard InChI is InChI=1S/C16H23N3/c1-4-12-6-8-14(9-7-12)15-11(3)18-16(19-15)13(5-2)10-17/h6-9,13H,4-5,10,17H2,1-3H3,(H,18,19). The van der Waals surface area contributed by atoms with Crippen molar-refractivity contribution in [2.75, 3.05) is 6.54 Å². The molecule has 0 aliphatic carbocycles. The van der Waals surface area contributed by atoms with Gasteiger partial charge in [0.1, 0.15) is 5.82 Å². The topological polar surface area (TPSA) is 54.7 Å². The maximum absolute atomic E-state index is 5.79. The van der Waals surface area contributed by atoms with Gasteiger partial charge in [-0.3, -0.25) is 0 Å². The van der Waals surface area contributed by atoms with Gasteiger partial charge in [0.2, 0.25) is 0 Å². The first-order chi connectivity index (χ1) is 9.19. The second-order valence-corrected chi connectivity index (χ2v) is 4.99. The fraction of sp³-hybridized carbons (Fsp3) is 0.438. The number of hydrogen-bond donors (Lipinski definition) is 2. The van der Waals surface area contributed by atoms with E-state index in [2.05, 4.69) is 50.0 Å². The predicted molar refractivity (Wildman–Crippen MR) is 80.2 cm³/mol. The Balaban J connectivity index is 2.33. The molecule has 0 saturated heterocycles. The number of nitrogens with two attached hydrogens (primary N) is 1. The summed E-state index contributed by atoms with van der Waals surface area (Å²) in [5, 5.41) is 0. The molecule has 0 aliphatic heterocycles. The molecule has 3 heteroatoms. The van der Waals surface area contributed by atoms with Gasteiger partial charge in [-0.25, -0.2) is 4.98 Å². The van der Waals surface area contributed by atoms with E-state index in [4.69, 9.17) is 10.7 Å². The van der Waals surface area contributed by atoms with Crippen molar-refractivity contribution in [2.45, 2.75) is 39.5 Å². The number of aryl methyl sites for hydroxylation is 2. The molecule has 0 radical (unpaired) electrons. The van der Waals surface area contributed by atoms with Crippen LogP contribution in [0.3, 0.4) is 0 Å². The lowest BCUT2D eigenvalue weighted by Gasteiger charge is -2.07. The normalized spacial score (nSPS) is 12.6. The van der Waals surface area contributed by atoms with E-state index < -0.39 is 0 Å². The van der Waals surface area contributed by atoms with Gasteiger partial charge >= 0.3 is 0 Å². The monoisotopic (exact) mass is 257 g/mol. The van der Waals surface area contributed by atoms with Gasteiger partial charge in [0, 0.05) is 23.7 Å². The molecule has 1 atom stereocenters. The zero-order valence-corrected chi connectivity index (χ0v) is 12.0. The lowest BCUT2D eigenvalue weighted by molar-refractivity contribution is 0.638. The molecule has 0 aliphatic rings. The van der Waals surface area contributed by atoms with Crippen molar-refractivity contribution in [1.82, 2.24) is 9.97 Å². The number of benzene rings is 1. The van der Waals surface area contributed by atoms with Crippen LogP contribution in [0.5, 0.6) is 0 Å². The van der Waals surface area contributed by atoms with E-state index in [1.54, 1.807) is 0 Å². The van der Waals surface area contributed by atoms with Crippen LogP contribution in [0.1, 0.15) is 43.3 Å². The average Bonchev–Trinajstić information content (AvgIpc) is 2.82. The van der Waals surface area contributed by atoms with Crippen molar-refractivity contribution in [3.63, 3.8) is 0 Å². The summed E-state index contributed by atoms with van der Waals surface area (Å²) in [5.74, 6) is 1.33. The molecule has 19 heavy (non-hydrogen) atoms. The van der Waals surface area contributed by atoms with Crippen LogP contribution in [0.4, 0.5) is 0 Å². The van der Waals surface area contributed by atoms with E-state index in [0.29, 0.717) is 12.5 Å². The quantitative estimate of drug-likeness (QED) is 0.862. The summed E-state index contributed by atoms with van der Waals surface area (Å²) in [6.07, 6.45) is 2.08. The summed E-state index contributed by atoms with van der Waals surface area (Å²) in [6.45, 7) is 7.02. The number of rotatable bonds is 5. The molecule has 0 saturated carbocycles. The van der Waals surface area contributed by atoms with Crippen LogP contribution in [0.25, 0.3) is 11.3 Å². The number of H-pyrrole nitrogens is 1. The number of nitrogens with one attached hydrogen (secondary N) is 1. The summed E-state index contributed by atoms with van der Waals surface area (Å²) >= 11 is 0. The van der Waals surface area contributed by atoms with Gasteiger partial charge < -0.3 is 10.7 Å². The molecule has 102 valence electrons. The van der Waals surface area contributed by atoms with E-state index in [1.807, 2.05) is 0 Å². The Morgan fingerprint density at radius 2 is 1.89 bits per heavy atom. The lowest BCUT2D eigenvalue weighted by atomic mass is 10.1. The van der Waals surface area contributed by atoms with E-state index >= 15 is 0 Å². The fourth-order valence-electron chi connectivity index (χ4n) is 2.33. The molecule has 1 aromatic heterocycles. The first-order valence-corrected chi connectivity index (χ1v) is 7.05. The van der Waals surface area contributed by atoms with Gasteiger partial charge in [0.15, 0.2) is 0 Å². The van der Waals surface area contributed by atoms with Crippen LogP contribution >= 0.6 is 0 Å². The number of aromatic nitrogens is 2. The minimum absolute atomic E-state index is 0.322. The first-order valence-electron chi connectivity index (χ1n) is 7.05. The van der Waals surface area contributed by atoms with Crippen LogP contribution in [0, 0.1) is 6.92 Å². The molecule has 3 N–H and O–H groups in total. The van der Waals surface area contributed by atoms with E-state index in [-0.39, 0.29) is 0 Å². The van der Waals surface area contributed by atoms with Crippen molar-refractivity contribution < 1.29 is 0 Å². The average molecular weight is 257 g/mol. The fourth-order valence-corrected chi connectivity index (χ4v) is 2.33. The van der Waals surface area contributed by atoms with E-state index in [0.717, 1.165) is 30.1 Å². The minimum Gasteiger partial charge on any atom is -0.345 e. The van der Waals surface area contributed by atoms with E-state index in [1.165, 1.54) is 11.1 Å². The first kappa shape index (κ1) is 13.8. The molecule has 2 aromatic rings. The second-order valence-electron chi connectivity index (χ2n) is 4.99. The maximum atomic E-state index is 5.79. The highest BCUT2D eigenvalue weighted by Gasteiger charge is 2.15. The van der Waals surface area contributed by atoms with Crippen molar-refractivity contribution in [2.24, 2.45) is 5.73 Å². The van der Waals surface area contributed by atoms with Crippen molar-refractivity contribution >= 4 is 0 Å². The number of aromatic amines is 1. The Morgan fingerprint density at radius 3 is 2.42 bits per heavy atom. The highest BCUT2D eigenvalue weighted by molar-refractivity contribution is 5.62. The minimum atomic E-state index is 0.322. The summed E-state index contributed by atoms with van der Waals surface area (Å²) in [4.78, 5) is 8.12. The largest absolute Gasteiger partial charge is 0.345 e. The van der Waals surface area contributed by atoms with Crippen LogP contribution in [-0.4, -0.2) is 16.5 Å². The van der Waals surface area contributed by atoms with Crippen molar-refractivity contribution in [3.8, 4) is 11.3 Å². The SMILES string of the molecule is CCc1ccc(-c2nc(C(CC)CN)[nH]c2C)cc1. The van der Waals surface area contributed by atoms with Gasteiger partial charge in [-0.2, -0.15) is 0 Å². The molecule has 0 fully saturated rings. The third kappa shape index (κ3) is 2.87. The Hall–Kier alpha value is -1.61. The van der Waals surface area contributed by atoms with Crippen molar-refractivity contribution in [1.29, 1.82) is 0 Å². The number of imidazole rings is 1. The molecule has 1 aromatic carbocycles. The summed E-state index contributed by atoms with van der Waals surface area (Å²) < 4.78 is 0. The number of hydrogen-bond acceptors (Lipinski definition) is 2. The Bertz CT molecular complexity index is 521. The molecule has 1 unspecified atom stereocenters. The second kappa shape index (κ2) is 6.02. The predicted octanol–water partition coefficient (Wildman–Crippen LogP) is 3.40. The van der Waals surface area contributed by atoms with Gasteiger partial charge in [0.05, 0.1) is 5.69 Å². The highest BCUT2D eigenvalue weighted by Crippen LogP contribution is 2.25. The van der Waals surface area contributed by atoms with Gasteiger partial charge in [-0.05, 0) is 25.3 Å². The molecule has 0 bridgehead atoms. The van der Waals surface area contributed by atoms with Gasteiger partial charge in [-0.15, -0.1) is 0 Å². The molecule has 0 amide bonds.